The second-order valence-corrected chi connectivity index (χ2v) is 13.1. The number of aromatic nitrogens is 2. The molecule has 0 unspecified atom stereocenters. The molecule has 2 heterocycles. The van der Waals surface area contributed by atoms with Gasteiger partial charge in [0.05, 0.1) is 57.9 Å². The number of ether oxygens (including phenoxy) is 2. The van der Waals surface area contributed by atoms with E-state index >= 15 is 0 Å². The van der Waals surface area contributed by atoms with Crippen LogP contribution in [0.1, 0.15) is 85.7 Å². The standard InChI is InChI=1S/C24H22N4O.C17H16N2O2.C7H6N2/c1-3-23-21(15-28-22-9-7-18(12-25)8-10-22)14-27-17(2)24(23)29-16-20-6-4-5-19(11-20)13-26;1-3-16-15(10-20)9-19-12(2)17(16)21-11-14-6-4-5-13(7-14)8-18;8-5-6-1-3-7(9)4-2-6/h4-11,14,28H,3,15-16H2,1-2H3;4-7,9-10H,3,11H2,1-2H3;1-4H,9H2. The van der Waals surface area contributed by atoms with Crippen LogP contribution in [0.25, 0.3) is 0 Å². The summed E-state index contributed by atoms with van der Waals surface area (Å²) in [7, 11) is 0. The molecular weight excluding hydrogens is 737 g/mol. The van der Waals surface area contributed by atoms with Crippen molar-refractivity contribution in [3.05, 3.63) is 176 Å². The zero-order valence-corrected chi connectivity index (χ0v) is 33.5. The third-order valence-corrected chi connectivity index (χ3v) is 9.00. The first-order valence-corrected chi connectivity index (χ1v) is 18.8. The van der Waals surface area contributed by atoms with Crippen molar-refractivity contribution in [1.29, 1.82) is 21.0 Å². The van der Waals surface area contributed by atoms with Crippen LogP contribution in [0.15, 0.2) is 109 Å². The van der Waals surface area contributed by atoms with Crippen molar-refractivity contribution in [3.8, 4) is 35.8 Å². The molecule has 0 spiro atoms. The van der Waals surface area contributed by atoms with Crippen LogP contribution in [-0.4, -0.2) is 16.3 Å². The third-order valence-electron chi connectivity index (χ3n) is 9.00. The van der Waals surface area contributed by atoms with Gasteiger partial charge in [-0.2, -0.15) is 21.0 Å². The molecule has 294 valence electrons. The van der Waals surface area contributed by atoms with Crippen molar-refractivity contribution >= 4 is 17.7 Å². The lowest BCUT2D eigenvalue weighted by Gasteiger charge is -2.17. The number of nitrogens with zero attached hydrogens (tertiary/aromatic N) is 6. The average Bonchev–Trinajstić information content (AvgIpc) is 3.28. The fourth-order valence-electron chi connectivity index (χ4n) is 5.91. The molecule has 0 atom stereocenters. The Balaban J connectivity index is 0.000000222. The monoisotopic (exact) mass is 780 g/mol. The maximum absolute atomic E-state index is 11.1. The number of carbonyl (C=O) groups is 1. The van der Waals surface area contributed by atoms with Gasteiger partial charge in [0, 0.05) is 47.0 Å². The highest BCUT2D eigenvalue weighted by Gasteiger charge is 2.14. The first-order chi connectivity index (χ1) is 28.7. The van der Waals surface area contributed by atoms with E-state index in [1.54, 1.807) is 60.8 Å². The maximum atomic E-state index is 11.1. The molecule has 0 saturated heterocycles. The molecular formula is C48H44N8O3. The van der Waals surface area contributed by atoms with Crippen LogP contribution in [0.5, 0.6) is 11.5 Å². The van der Waals surface area contributed by atoms with E-state index in [9.17, 15) is 4.79 Å². The van der Waals surface area contributed by atoms with Gasteiger partial charge in [-0.3, -0.25) is 14.8 Å². The minimum absolute atomic E-state index is 0.341. The number of rotatable bonds is 12. The largest absolute Gasteiger partial charge is 0.487 e. The second kappa shape index (κ2) is 22.5. The number of benzene rings is 4. The summed E-state index contributed by atoms with van der Waals surface area (Å²) in [4.78, 5) is 19.8. The van der Waals surface area contributed by atoms with Crippen LogP contribution in [0, 0.1) is 59.2 Å². The number of anilines is 2. The number of hydrogen-bond acceptors (Lipinski definition) is 11. The highest BCUT2D eigenvalue weighted by atomic mass is 16.5. The Morgan fingerprint density at radius 1 is 0.644 bits per heavy atom. The number of carbonyl (C=O) groups excluding carboxylic acids is 1. The van der Waals surface area contributed by atoms with Crippen LogP contribution >= 0.6 is 0 Å². The van der Waals surface area contributed by atoms with Gasteiger partial charge in [-0.25, -0.2) is 0 Å². The van der Waals surface area contributed by atoms with E-state index < -0.39 is 0 Å². The highest BCUT2D eigenvalue weighted by Crippen LogP contribution is 2.28. The maximum Gasteiger partial charge on any atom is 0.152 e. The van der Waals surface area contributed by atoms with Gasteiger partial charge < -0.3 is 20.5 Å². The van der Waals surface area contributed by atoms with Crippen LogP contribution in [0.2, 0.25) is 0 Å². The minimum atomic E-state index is 0.341. The summed E-state index contributed by atoms with van der Waals surface area (Å²) in [5, 5.41) is 38.6. The van der Waals surface area contributed by atoms with Gasteiger partial charge in [0.15, 0.2) is 6.29 Å². The molecule has 6 rings (SSSR count). The summed E-state index contributed by atoms with van der Waals surface area (Å²) < 4.78 is 12.0. The van der Waals surface area contributed by atoms with E-state index in [1.165, 1.54) is 0 Å². The van der Waals surface area contributed by atoms with Crippen molar-refractivity contribution in [3.63, 3.8) is 0 Å². The van der Waals surface area contributed by atoms with Crippen LogP contribution in [-0.2, 0) is 32.6 Å². The lowest BCUT2D eigenvalue weighted by Crippen LogP contribution is -2.08. The molecule has 0 aliphatic heterocycles. The van der Waals surface area contributed by atoms with Crippen LogP contribution in [0.3, 0.4) is 0 Å². The second-order valence-electron chi connectivity index (χ2n) is 13.1. The van der Waals surface area contributed by atoms with Crippen molar-refractivity contribution in [2.45, 2.75) is 60.3 Å². The van der Waals surface area contributed by atoms with E-state index in [4.69, 9.17) is 36.3 Å². The molecule has 11 nitrogen and oxygen atoms in total. The normalized spacial score (nSPS) is 9.76. The molecule has 3 N–H and O–H groups in total. The number of nitrogens with one attached hydrogen (secondary N) is 1. The Hall–Kier alpha value is -7.99. The molecule has 2 aromatic heterocycles. The first kappa shape index (κ1) is 43.7. The van der Waals surface area contributed by atoms with E-state index in [-0.39, 0.29) is 0 Å². The van der Waals surface area contributed by atoms with Gasteiger partial charge in [-0.1, -0.05) is 38.1 Å². The lowest BCUT2D eigenvalue weighted by atomic mass is 10.0. The highest BCUT2D eigenvalue weighted by molar-refractivity contribution is 5.78. The van der Waals surface area contributed by atoms with Crippen LogP contribution < -0.4 is 20.5 Å². The summed E-state index contributed by atoms with van der Waals surface area (Å²) >= 11 is 0. The number of nitriles is 4. The lowest BCUT2D eigenvalue weighted by molar-refractivity contribution is 0.112. The third kappa shape index (κ3) is 12.8. The Morgan fingerprint density at radius 2 is 1.12 bits per heavy atom. The molecule has 0 amide bonds. The smallest absolute Gasteiger partial charge is 0.152 e. The minimum Gasteiger partial charge on any atom is -0.487 e. The molecule has 0 bridgehead atoms. The zero-order valence-electron chi connectivity index (χ0n) is 33.5. The van der Waals surface area contributed by atoms with Gasteiger partial charge in [-0.15, -0.1) is 0 Å². The quantitative estimate of drug-likeness (QED) is 0.0887. The predicted octanol–water partition coefficient (Wildman–Crippen LogP) is 9.24. The average molecular weight is 781 g/mol. The zero-order chi connectivity index (χ0) is 42.6. The van der Waals surface area contributed by atoms with Crippen molar-refractivity contribution in [1.82, 2.24) is 9.97 Å². The molecule has 0 aliphatic rings. The molecule has 59 heavy (non-hydrogen) atoms. The van der Waals surface area contributed by atoms with Crippen LogP contribution in [0.4, 0.5) is 11.4 Å². The Labute approximate surface area is 345 Å². The molecule has 0 saturated carbocycles. The summed E-state index contributed by atoms with van der Waals surface area (Å²) in [5.74, 6) is 1.46. The number of aryl methyl sites for hydroxylation is 2. The SMILES string of the molecule is CCc1c(C=O)cnc(C)c1OCc1cccc(C#N)c1.CCc1c(CNc2ccc(C#N)cc2)cnc(C)c1OCc1cccc(C#N)c1.N#Cc1ccc(N)cc1. The molecule has 6 aromatic rings. The number of pyridine rings is 2. The summed E-state index contributed by atoms with van der Waals surface area (Å²) in [6, 6.07) is 37.2. The molecule has 0 aliphatic carbocycles. The number of nitrogen functional groups attached to an aromatic ring is 1. The van der Waals surface area contributed by atoms with Gasteiger partial charge >= 0.3 is 0 Å². The van der Waals surface area contributed by atoms with E-state index in [1.807, 2.05) is 75.5 Å². The van der Waals surface area contributed by atoms with Crippen molar-refractivity contribution in [2.24, 2.45) is 0 Å². The summed E-state index contributed by atoms with van der Waals surface area (Å²) in [5.41, 5.74) is 16.6. The number of aldehydes is 1. The van der Waals surface area contributed by atoms with E-state index in [2.05, 4.69) is 40.4 Å². The Morgan fingerprint density at radius 3 is 1.59 bits per heavy atom. The van der Waals surface area contributed by atoms with Gasteiger partial charge in [0.1, 0.15) is 24.7 Å². The fourth-order valence-corrected chi connectivity index (χ4v) is 5.91. The fraction of sp³-hybridized carbons (Fsp3) is 0.188. The number of hydrogen-bond donors (Lipinski definition) is 2. The molecule has 0 fully saturated rings. The molecule has 11 heteroatoms. The van der Waals surface area contributed by atoms with Crippen molar-refractivity contribution in [2.75, 3.05) is 11.1 Å². The van der Waals surface area contributed by atoms with Gasteiger partial charge in [-0.05, 0) is 116 Å². The number of nitrogens with two attached hydrogens (primary N) is 1. The molecule has 4 aromatic carbocycles. The first-order valence-electron chi connectivity index (χ1n) is 18.8. The summed E-state index contributed by atoms with van der Waals surface area (Å²) in [6.45, 7) is 9.22. The molecule has 0 radical (unpaired) electrons. The van der Waals surface area contributed by atoms with Crippen molar-refractivity contribution < 1.29 is 14.3 Å². The van der Waals surface area contributed by atoms with Gasteiger partial charge in [0.2, 0.25) is 0 Å². The van der Waals surface area contributed by atoms with E-state index in [0.717, 1.165) is 63.3 Å². The van der Waals surface area contributed by atoms with E-state index in [0.29, 0.717) is 65.4 Å². The Bertz CT molecular complexity index is 2520. The topological polar surface area (TPSA) is 195 Å². The predicted molar refractivity (Wildman–Crippen MR) is 227 cm³/mol. The van der Waals surface area contributed by atoms with Gasteiger partial charge in [0.25, 0.3) is 0 Å². The Kier molecular flexibility index (Phi) is 16.7. The summed E-state index contributed by atoms with van der Waals surface area (Å²) in [6.07, 6.45) is 5.78.